The Kier molecular flexibility index (Phi) is 3.92. The highest BCUT2D eigenvalue weighted by Crippen LogP contribution is 2.29. The molecule has 3 N–H and O–H groups in total. The molecule has 0 saturated heterocycles. The molecule has 0 spiro atoms. The lowest BCUT2D eigenvalue weighted by Gasteiger charge is -2.14. The molecule has 0 aromatic heterocycles. The van der Waals surface area contributed by atoms with Crippen LogP contribution in [0.3, 0.4) is 0 Å². The van der Waals surface area contributed by atoms with Gasteiger partial charge in [-0.05, 0) is 48.7 Å². The van der Waals surface area contributed by atoms with Gasteiger partial charge in [0.2, 0.25) is 0 Å². The van der Waals surface area contributed by atoms with Crippen molar-refractivity contribution in [1.29, 1.82) is 0 Å². The molecule has 2 aromatic carbocycles. The minimum absolute atomic E-state index is 0.808. The largest absolute Gasteiger partial charge is 0.397 e. The molecule has 0 saturated carbocycles. The Morgan fingerprint density at radius 2 is 1.94 bits per heavy atom. The van der Waals surface area contributed by atoms with Crippen LogP contribution in [-0.2, 0) is 6.42 Å². The van der Waals surface area contributed by atoms with Gasteiger partial charge in [-0.25, -0.2) is 0 Å². The zero-order chi connectivity index (χ0) is 13.1. The summed E-state index contributed by atoms with van der Waals surface area (Å²) < 4.78 is 1.10. The fraction of sp³-hybridized carbons (Fsp3) is 0.200. The highest BCUT2D eigenvalue weighted by atomic mass is 79.9. The summed E-state index contributed by atoms with van der Waals surface area (Å²) in [7, 11) is 0. The van der Waals surface area contributed by atoms with E-state index in [9.17, 15) is 0 Å². The Balaban J connectivity index is 2.37. The van der Waals surface area contributed by atoms with E-state index in [-0.39, 0.29) is 0 Å². The predicted molar refractivity (Wildman–Crippen MR) is 82.4 cm³/mol. The monoisotopic (exact) mass is 304 g/mol. The van der Waals surface area contributed by atoms with Gasteiger partial charge in [-0.3, -0.25) is 0 Å². The summed E-state index contributed by atoms with van der Waals surface area (Å²) >= 11 is 3.50. The second-order valence-electron chi connectivity index (χ2n) is 4.32. The molecule has 0 aliphatic rings. The SMILES string of the molecule is CCc1cc(Br)ccc1Nc1cccc(C)c1N. The van der Waals surface area contributed by atoms with Gasteiger partial charge in [0.15, 0.2) is 0 Å². The van der Waals surface area contributed by atoms with Crippen molar-refractivity contribution in [2.75, 3.05) is 11.1 Å². The normalized spacial score (nSPS) is 10.4. The Labute approximate surface area is 116 Å². The number of halogens is 1. The van der Waals surface area contributed by atoms with Crippen molar-refractivity contribution < 1.29 is 0 Å². The molecule has 2 aromatic rings. The van der Waals surface area contributed by atoms with Crippen molar-refractivity contribution in [3.63, 3.8) is 0 Å². The third kappa shape index (κ3) is 2.67. The van der Waals surface area contributed by atoms with Crippen LogP contribution in [0.15, 0.2) is 40.9 Å². The van der Waals surface area contributed by atoms with Gasteiger partial charge < -0.3 is 11.1 Å². The van der Waals surface area contributed by atoms with Gasteiger partial charge in [0.25, 0.3) is 0 Å². The van der Waals surface area contributed by atoms with E-state index in [1.54, 1.807) is 0 Å². The molecule has 0 heterocycles. The first-order chi connectivity index (χ1) is 8.61. The third-order valence-corrected chi connectivity index (χ3v) is 3.53. The number of anilines is 3. The van der Waals surface area contributed by atoms with Crippen molar-refractivity contribution >= 4 is 33.0 Å². The first kappa shape index (κ1) is 13.0. The minimum atomic E-state index is 0.808. The maximum atomic E-state index is 6.08. The number of hydrogen-bond acceptors (Lipinski definition) is 2. The van der Waals surface area contributed by atoms with E-state index in [0.29, 0.717) is 0 Å². The molecule has 0 bridgehead atoms. The molecule has 2 nitrogen and oxygen atoms in total. The average molecular weight is 305 g/mol. The van der Waals surface area contributed by atoms with Gasteiger partial charge in [-0.1, -0.05) is 35.0 Å². The number of nitrogen functional groups attached to an aromatic ring is 1. The molecule has 94 valence electrons. The summed E-state index contributed by atoms with van der Waals surface area (Å²) in [4.78, 5) is 0. The molecule has 18 heavy (non-hydrogen) atoms. The number of benzene rings is 2. The number of para-hydroxylation sites is 1. The van der Waals surface area contributed by atoms with Crippen molar-refractivity contribution in [3.8, 4) is 0 Å². The molecule has 0 amide bonds. The topological polar surface area (TPSA) is 38.0 Å². The van der Waals surface area contributed by atoms with Crippen LogP contribution in [0.4, 0.5) is 17.1 Å². The molecule has 0 fully saturated rings. The maximum Gasteiger partial charge on any atom is 0.0620 e. The number of rotatable bonds is 3. The minimum Gasteiger partial charge on any atom is -0.397 e. The van der Waals surface area contributed by atoms with Crippen LogP contribution in [-0.4, -0.2) is 0 Å². The maximum absolute atomic E-state index is 6.08. The summed E-state index contributed by atoms with van der Waals surface area (Å²) in [6, 6.07) is 12.3. The molecule has 2 rings (SSSR count). The van der Waals surface area contributed by atoms with Crippen LogP contribution in [0.2, 0.25) is 0 Å². The summed E-state index contributed by atoms with van der Waals surface area (Å²) in [5.74, 6) is 0. The molecule has 3 heteroatoms. The van der Waals surface area contributed by atoms with Crippen LogP contribution in [0.1, 0.15) is 18.1 Å². The number of nitrogens with one attached hydrogen (secondary N) is 1. The second-order valence-corrected chi connectivity index (χ2v) is 5.23. The van der Waals surface area contributed by atoms with Crippen LogP contribution in [0.25, 0.3) is 0 Å². The first-order valence-corrected chi connectivity index (χ1v) is 6.81. The zero-order valence-electron chi connectivity index (χ0n) is 10.6. The number of nitrogens with two attached hydrogens (primary N) is 1. The van der Waals surface area contributed by atoms with E-state index < -0.39 is 0 Å². The standard InChI is InChI=1S/C15H17BrN2/c1-3-11-9-12(16)7-8-13(11)18-14-6-4-5-10(2)15(14)17/h4-9,18H,3,17H2,1-2H3. The van der Waals surface area contributed by atoms with Gasteiger partial charge in [0.05, 0.1) is 11.4 Å². The van der Waals surface area contributed by atoms with E-state index in [1.165, 1.54) is 5.56 Å². The lowest BCUT2D eigenvalue weighted by molar-refractivity contribution is 1.14. The molecule has 0 atom stereocenters. The molecule has 0 unspecified atom stereocenters. The van der Waals surface area contributed by atoms with Gasteiger partial charge in [0.1, 0.15) is 0 Å². The quantitative estimate of drug-likeness (QED) is 0.810. The molecule has 0 aliphatic heterocycles. The molecule has 0 aliphatic carbocycles. The van der Waals surface area contributed by atoms with E-state index in [1.807, 2.05) is 31.2 Å². The third-order valence-electron chi connectivity index (χ3n) is 3.04. The van der Waals surface area contributed by atoms with Gasteiger partial charge in [-0.15, -0.1) is 0 Å². The smallest absolute Gasteiger partial charge is 0.0620 e. The van der Waals surface area contributed by atoms with Gasteiger partial charge in [0, 0.05) is 10.2 Å². The average Bonchev–Trinajstić information content (AvgIpc) is 2.37. The summed E-state index contributed by atoms with van der Waals surface area (Å²) in [5, 5.41) is 3.41. The fourth-order valence-electron chi connectivity index (χ4n) is 1.91. The highest BCUT2D eigenvalue weighted by Gasteiger charge is 2.05. The van der Waals surface area contributed by atoms with Crippen molar-refractivity contribution in [1.82, 2.24) is 0 Å². The lowest BCUT2D eigenvalue weighted by Crippen LogP contribution is -2.00. The van der Waals surface area contributed by atoms with Gasteiger partial charge in [-0.2, -0.15) is 0 Å². The molecular formula is C15H17BrN2. The van der Waals surface area contributed by atoms with Crippen molar-refractivity contribution in [2.24, 2.45) is 0 Å². The summed E-state index contributed by atoms with van der Waals surface area (Å²) in [5.41, 5.74) is 11.3. The summed E-state index contributed by atoms with van der Waals surface area (Å²) in [6.45, 7) is 4.16. The Morgan fingerprint density at radius 3 is 2.67 bits per heavy atom. The predicted octanol–water partition coefficient (Wildman–Crippen LogP) is 4.65. The molecular weight excluding hydrogens is 288 g/mol. The Hall–Kier alpha value is -1.48. The van der Waals surface area contributed by atoms with Gasteiger partial charge >= 0.3 is 0 Å². The van der Waals surface area contributed by atoms with Crippen molar-refractivity contribution in [3.05, 3.63) is 52.0 Å². The zero-order valence-corrected chi connectivity index (χ0v) is 12.2. The van der Waals surface area contributed by atoms with E-state index >= 15 is 0 Å². The van der Waals surface area contributed by atoms with Crippen LogP contribution >= 0.6 is 15.9 Å². The Bertz CT molecular complexity index is 564. The van der Waals surface area contributed by atoms with Crippen LogP contribution in [0.5, 0.6) is 0 Å². The van der Waals surface area contributed by atoms with E-state index in [4.69, 9.17) is 5.73 Å². The Morgan fingerprint density at radius 1 is 1.17 bits per heavy atom. The number of aryl methyl sites for hydroxylation is 2. The first-order valence-electron chi connectivity index (χ1n) is 6.02. The number of hydrogen-bond donors (Lipinski definition) is 2. The lowest BCUT2D eigenvalue weighted by atomic mass is 10.1. The highest BCUT2D eigenvalue weighted by molar-refractivity contribution is 9.10. The van der Waals surface area contributed by atoms with Crippen LogP contribution in [0, 0.1) is 6.92 Å². The van der Waals surface area contributed by atoms with E-state index in [2.05, 4.69) is 40.3 Å². The van der Waals surface area contributed by atoms with E-state index in [0.717, 1.165) is 33.5 Å². The van der Waals surface area contributed by atoms with Crippen molar-refractivity contribution in [2.45, 2.75) is 20.3 Å². The fourth-order valence-corrected chi connectivity index (χ4v) is 2.32. The second kappa shape index (κ2) is 5.44. The molecule has 0 radical (unpaired) electrons. The van der Waals surface area contributed by atoms with Crippen LogP contribution < -0.4 is 11.1 Å². The summed E-state index contributed by atoms with van der Waals surface area (Å²) in [6.07, 6.45) is 0.980.